The Kier molecular flexibility index (Phi) is 2.62. The normalized spacial score (nSPS) is 12.4. The van der Waals surface area contributed by atoms with Crippen LogP contribution in [-0.4, -0.2) is 8.80 Å². The molecule has 0 spiro atoms. The summed E-state index contributed by atoms with van der Waals surface area (Å²) in [5.41, 5.74) is 1.77. The Morgan fingerprint density at radius 3 is 1.47 bits per heavy atom. The number of benzene rings is 4. The van der Waals surface area contributed by atoms with E-state index >= 15 is 0 Å². The van der Waals surface area contributed by atoms with Crippen molar-refractivity contribution in [1.82, 2.24) is 8.80 Å². The Morgan fingerprint density at radius 2 is 0.967 bits per heavy atom. The standard InChI is InChI=1S/C25H12N2O3/c28-23-14-5-1-3-7-18(14)26-21-16(23)11-9-13-10-12-17-22(20(13)21)27(25(26)30)19-8-4-2-6-15(19)24(17)29/h1-12H. The predicted octanol–water partition coefficient (Wildman–Crippen LogP) is 3.76. The van der Waals surface area contributed by atoms with E-state index < -0.39 is 0 Å². The van der Waals surface area contributed by atoms with Crippen LogP contribution in [0.4, 0.5) is 0 Å². The molecule has 0 radical (unpaired) electrons. The van der Waals surface area contributed by atoms with Crippen molar-refractivity contribution >= 4 is 54.4 Å². The van der Waals surface area contributed by atoms with Crippen molar-refractivity contribution in [2.45, 2.75) is 0 Å². The van der Waals surface area contributed by atoms with Crippen LogP contribution in [0.5, 0.6) is 0 Å². The second-order valence-electron chi connectivity index (χ2n) is 7.67. The summed E-state index contributed by atoms with van der Waals surface area (Å²) in [7, 11) is 0. The molecule has 0 aliphatic heterocycles. The summed E-state index contributed by atoms with van der Waals surface area (Å²) in [4.78, 5) is 40.4. The van der Waals surface area contributed by atoms with E-state index in [2.05, 4.69) is 0 Å². The number of pyridine rings is 2. The van der Waals surface area contributed by atoms with E-state index in [1.54, 1.807) is 57.3 Å². The molecule has 30 heavy (non-hydrogen) atoms. The van der Waals surface area contributed by atoms with Gasteiger partial charge in [0.15, 0.2) is 10.9 Å². The highest BCUT2D eigenvalue weighted by atomic mass is 16.1. The lowest BCUT2D eigenvalue weighted by Gasteiger charge is -2.18. The highest BCUT2D eigenvalue weighted by Crippen LogP contribution is 2.33. The molecule has 0 atom stereocenters. The Labute approximate surface area is 167 Å². The topological polar surface area (TPSA) is 60.0 Å². The van der Waals surface area contributed by atoms with Crippen molar-refractivity contribution in [3.05, 3.63) is 104 Å². The van der Waals surface area contributed by atoms with Gasteiger partial charge in [0.1, 0.15) is 0 Å². The van der Waals surface area contributed by atoms with E-state index in [4.69, 9.17) is 0 Å². The molecule has 4 aromatic carbocycles. The lowest BCUT2D eigenvalue weighted by Crippen LogP contribution is -2.27. The average molecular weight is 388 g/mol. The second-order valence-corrected chi connectivity index (χ2v) is 7.67. The van der Waals surface area contributed by atoms with E-state index in [9.17, 15) is 14.4 Å². The number of para-hydroxylation sites is 2. The zero-order valence-electron chi connectivity index (χ0n) is 15.5. The molecule has 0 unspecified atom stereocenters. The van der Waals surface area contributed by atoms with Crippen LogP contribution in [-0.2, 0) is 0 Å². The molecule has 0 aliphatic carbocycles. The molecule has 0 aliphatic rings. The predicted molar refractivity (Wildman–Crippen MR) is 120 cm³/mol. The Bertz CT molecular complexity index is 1880. The minimum atomic E-state index is -0.288. The molecule has 0 bridgehead atoms. The first-order valence-corrected chi connectivity index (χ1v) is 9.68. The molecule has 0 saturated heterocycles. The maximum Gasteiger partial charge on any atom is 0.338 e. The third-order valence-corrected chi connectivity index (χ3v) is 6.23. The van der Waals surface area contributed by atoms with Gasteiger partial charge in [0.25, 0.3) is 0 Å². The Hall–Kier alpha value is -4.25. The SMILES string of the molecule is O=c1c2ccccc2n2c(=O)n3c4ccccc4c(=O)c4ccc5ccc1c2c5c43. The highest BCUT2D eigenvalue weighted by Gasteiger charge is 2.22. The summed E-state index contributed by atoms with van der Waals surface area (Å²) < 4.78 is 3.25. The molecule has 3 aromatic heterocycles. The highest BCUT2D eigenvalue weighted by molar-refractivity contribution is 6.21. The Morgan fingerprint density at radius 1 is 0.500 bits per heavy atom. The first-order chi connectivity index (χ1) is 14.7. The fourth-order valence-electron chi connectivity index (χ4n) is 4.96. The van der Waals surface area contributed by atoms with E-state index in [-0.39, 0.29) is 16.5 Å². The van der Waals surface area contributed by atoms with Crippen LogP contribution < -0.4 is 16.5 Å². The van der Waals surface area contributed by atoms with Crippen LogP contribution in [0.1, 0.15) is 0 Å². The van der Waals surface area contributed by atoms with Crippen molar-refractivity contribution in [2.24, 2.45) is 0 Å². The largest absolute Gasteiger partial charge is 0.338 e. The zero-order chi connectivity index (χ0) is 20.1. The van der Waals surface area contributed by atoms with Gasteiger partial charge in [-0.3, -0.25) is 18.4 Å². The minimum Gasteiger partial charge on any atom is -0.288 e. The number of nitrogens with zero attached hydrogens (tertiary/aromatic N) is 2. The third kappa shape index (κ3) is 1.60. The van der Waals surface area contributed by atoms with Crippen LogP contribution in [0.2, 0.25) is 0 Å². The molecule has 140 valence electrons. The molecule has 0 fully saturated rings. The van der Waals surface area contributed by atoms with Gasteiger partial charge in [0, 0.05) is 26.9 Å². The first-order valence-electron chi connectivity index (χ1n) is 9.68. The van der Waals surface area contributed by atoms with Crippen LogP contribution in [0.15, 0.2) is 87.2 Å². The zero-order valence-corrected chi connectivity index (χ0v) is 15.5. The van der Waals surface area contributed by atoms with Gasteiger partial charge >= 0.3 is 5.69 Å². The molecule has 3 heterocycles. The molecule has 7 aromatic rings. The van der Waals surface area contributed by atoms with Crippen LogP contribution in [0, 0.1) is 0 Å². The minimum absolute atomic E-state index is 0.111. The summed E-state index contributed by atoms with van der Waals surface area (Å²) in [5, 5.41) is 3.60. The molecule has 0 saturated carbocycles. The van der Waals surface area contributed by atoms with Crippen LogP contribution >= 0.6 is 0 Å². The second kappa shape index (κ2) is 5.02. The van der Waals surface area contributed by atoms with Crippen molar-refractivity contribution in [1.29, 1.82) is 0 Å². The fraction of sp³-hybridized carbons (Fsp3) is 0. The number of aromatic nitrogens is 2. The summed E-state index contributed by atoms with van der Waals surface area (Å²) in [5.74, 6) is 0. The molecule has 0 N–H and O–H groups in total. The van der Waals surface area contributed by atoms with Gasteiger partial charge in [-0.25, -0.2) is 4.79 Å². The van der Waals surface area contributed by atoms with Crippen molar-refractivity contribution in [3.63, 3.8) is 0 Å². The van der Waals surface area contributed by atoms with Crippen LogP contribution in [0.25, 0.3) is 54.4 Å². The lowest BCUT2D eigenvalue weighted by atomic mass is 9.98. The van der Waals surface area contributed by atoms with Gasteiger partial charge in [-0.05, 0) is 41.8 Å². The van der Waals surface area contributed by atoms with E-state index in [0.717, 1.165) is 10.8 Å². The van der Waals surface area contributed by atoms with E-state index in [1.807, 2.05) is 24.3 Å². The fourth-order valence-corrected chi connectivity index (χ4v) is 4.96. The van der Waals surface area contributed by atoms with E-state index in [1.165, 1.54) is 0 Å². The average Bonchev–Trinajstić information content (AvgIpc) is 2.78. The monoisotopic (exact) mass is 388 g/mol. The van der Waals surface area contributed by atoms with E-state index in [0.29, 0.717) is 43.6 Å². The number of hydrogen-bond donors (Lipinski definition) is 0. The molecule has 5 nitrogen and oxygen atoms in total. The first kappa shape index (κ1) is 15.6. The number of fused-ring (bicyclic) bond motifs is 4. The number of hydrogen-bond acceptors (Lipinski definition) is 3. The van der Waals surface area contributed by atoms with Gasteiger partial charge in [-0.15, -0.1) is 0 Å². The van der Waals surface area contributed by atoms with Crippen molar-refractivity contribution in [3.8, 4) is 0 Å². The summed E-state index contributed by atoms with van der Waals surface area (Å²) >= 11 is 0. The van der Waals surface area contributed by atoms with Crippen LogP contribution in [0.3, 0.4) is 0 Å². The summed E-state index contributed by atoms with van der Waals surface area (Å²) in [6, 6.07) is 21.7. The number of rotatable bonds is 0. The molecule has 7 rings (SSSR count). The van der Waals surface area contributed by atoms with Gasteiger partial charge in [-0.2, -0.15) is 0 Å². The summed E-state index contributed by atoms with van der Waals surface area (Å²) in [6.45, 7) is 0. The smallest absolute Gasteiger partial charge is 0.288 e. The summed E-state index contributed by atoms with van der Waals surface area (Å²) in [6.07, 6.45) is 0. The lowest BCUT2D eigenvalue weighted by molar-refractivity contribution is 1.00. The van der Waals surface area contributed by atoms with Gasteiger partial charge < -0.3 is 0 Å². The van der Waals surface area contributed by atoms with Gasteiger partial charge in [0.2, 0.25) is 0 Å². The van der Waals surface area contributed by atoms with Crippen molar-refractivity contribution in [2.75, 3.05) is 0 Å². The molecule has 0 amide bonds. The molecule has 5 heteroatoms. The quantitative estimate of drug-likeness (QED) is 0.294. The van der Waals surface area contributed by atoms with Crippen molar-refractivity contribution < 1.29 is 0 Å². The van der Waals surface area contributed by atoms with Gasteiger partial charge in [-0.1, -0.05) is 36.4 Å². The Balaban J connectivity index is 2.05. The molecular weight excluding hydrogens is 376 g/mol. The maximum atomic E-state index is 13.9. The van der Waals surface area contributed by atoms with Gasteiger partial charge in [0.05, 0.1) is 22.1 Å². The third-order valence-electron chi connectivity index (χ3n) is 6.23. The molecular formula is C25H12N2O3. The maximum absolute atomic E-state index is 13.9.